The van der Waals surface area contributed by atoms with Crippen LogP contribution in [-0.2, 0) is 13.6 Å². The second kappa shape index (κ2) is 3.98. The first kappa shape index (κ1) is 10.1. The summed E-state index contributed by atoms with van der Waals surface area (Å²) in [5.41, 5.74) is 1.10. The van der Waals surface area contributed by atoms with Crippen molar-refractivity contribution in [1.29, 1.82) is 0 Å². The molecule has 4 heteroatoms. The standard InChI is InChI=1S/C11H13N3S/c1-3-14-10(12-13(2)11(14)15)9-7-5-4-6-8-9/h4-8H,3H2,1-2H3. The molecule has 1 heterocycles. The molecule has 0 saturated carbocycles. The highest BCUT2D eigenvalue weighted by Crippen LogP contribution is 2.17. The maximum atomic E-state index is 5.28. The fraction of sp³-hybridized carbons (Fsp3) is 0.273. The van der Waals surface area contributed by atoms with Crippen LogP contribution >= 0.6 is 12.2 Å². The molecular weight excluding hydrogens is 206 g/mol. The summed E-state index contributed by atoms with van der Waals surface area (Å²) in [4.78, 5) is 0. The Labute approximate surface area is 94.0 Å². The van der Waals surface area contributed by atoms with Crippen LogP contribution in [0.25, 0.3) is 11.4 Å². The maximum Gasteiger partial charge on any atom is 0.197 e. The molecule has 15 heavy (non-hydrogen) atoms. The van der Waals surface area contributed by atoms with Gasteiger partial charge in [-0.25, -0.2) is 4.68 Å². The molecule has 2 aromatic rings. The Bertz CT molecular complexity index is 510. The summed E-state index contributed by atoms with van der Waals surface area (Å²) < 4.78 is 4.53. The van der Waals surface area contributed by atoms with Gasteiger partial charge in [-0.3, -0.25) is 0 Å². The van der Waals surface area contributed by atoms with Crippen LogP contribution in [0.2, 0.25) is 0 Å². The molecular formula is C11H13N3S. The number of hydrogen-bond donors (Lipinski definition) is 0. The molecule has 0 N–H and O–H groups in total. The molecule has 0 fully saturated rings. The molecule has 0 saturated heterocycles. The van der Waals surface area contributed by atoms with Crippen LogP contribution in [0.3, 0.4) is 0 Å². The third-order valence-corrected chi connectivity index (χ3v) is 2.84. The first-order chi connectivity index (χ1) is 7.24. The summed E-state index contributed by atoms with van der Waals surface area (Å²) in [5, 5.41) is 4.43. The summed E-state index contributed by atoms with van der Waals surface area (Å²) in [6.45, 7) is 2.92. The van der Waals surface area contributed by atoms with Gasteiger partial charge in [0.15, 0.2) is 10.6 Å². The summed E-state index contributed by atoms with van der Waals surface area (Å²) in [5.74, 6) is 0.936. The lowest BCUT2D eigenvalue weighted by Crippen LogP contribution is -1.97. The number of rotatable bonds is 2. The molecule has 1 aromatic heterocycles. The van der Waals surface area contributed by atoms with Gasteiger partial charge in [-0.05, 0) is 19.1 Å². The lowest BCUT2D eigenvalue weighted by atomic mass is 10.2. The highest BCUT2D eigenvalue weighted by atomic mass is 32.1. The van der Waals surface area contributed by atoms with E-state index in [0.29, 0.717) is 0 Å². The lowest BCUT2D eigenvalue weighted by Gasteiger charge is -2.02. The molecule has 0 bridgehead atoms. The van der Waals surface area contributed by atoms with E-state index in [4.69, 9.17) is 12.2 Å². The molecule has 0 radical (unpaired) electrons. The second-order valence-electron chi connectivity index (χ2n) is 3.34. The number of hydrogen-bond acceptors (Lipinski definition) is 2. The number of aryl methyl sites for hydroxylation is 1. The van der Waals surface area contributed by atoms with Gasteiger partial charge in [-0.15, -0.1) is 0 Å². The van der Waals surface area contributed by atoms with Crippen LogP contribution in [0.4, 0.5) is 0 Å². The third-order valence-electron chi connectivity index (χ3n) is 2.36. The Hall–Kier alpha value is -1.42. The zero-order valence-corrected chi connectivity index (χ0v) is 9.66. The van der Waals surface area contributed by atoms with Gasteiger partial charge in [0.2, 0.25) is 0 Å². The maximum absolute atomic E-state index is 5.28. The normalized spacial score (nSPS) is 10.5. The average molecular weight is 219 g/mol. The highest BCUT2D eigenvalue weighted by Gasteiger charge is 2.08. The van der Waals surface area contributed by atoms with Gasteiger partial charge in [0, 0.05) is 19.2 Å². The second-order valence-corrected chi connectivity index (χ2v) is 3.71. The first-order valence-electron chi connectivity index (χ1n) is 4.93. The van der Waals surface area contributed by atoms with E-state index in [1.807, 2.05) is 41.9 Å². The smallest absolute Gasteiger partial charge is 0.197 e. The van der Waals surface area contributed by atoms with Crippen molar-refractivity contribution in [2.45, 2.75) is 13.5 Å². The molecule has 0 spiro atoms. The van der Waals surface area contributed by atoms with Gasteiger partial charge in [-0.1, -0.05) is 30.3 Å². The Morgan fingerprint density at radius 2 is 1.93 bits per heavy atom. The monoisotopic (exact) mass is 219 g/mol. The molecule has 0 atom stereocenters. The summed E-state index contributed by atoms with van der Waals surface area (Å²) in [7, 11) is 1.88. The van der Waals surface area contributed by atoms with E-state index in [9.17, 15) is 0 Å². The van der Waals surface area contributed by atoms with Crippen LogP contribution in [-0.4, -0.2) is 14.3 Å². The summed E-state index contributed by atoms with van der Waals surface area (Å²) in [6.07, 6.45) is 0. The van der Waals surface area contributed by atoms with E-state index < -0.39 is 0 Å². The van der Waals surface area contributed by atoms with Crippen LogP contribution in [0.5, 0.6) is 0 Å². The number of nitrogens with zero attached hydrogens (tertiary/aromatic N) is 3. The van der Waals surface area contributed by atoms with Crippen molar-refractivity contribution in [2.75, 3.05) is 0 Å². The summed E-state index contributed by atoms with van der Waals surface area (Å²) >= 11 is 5.28. The van der Waals surface area contributed by atoms with Crippen molar-refractivity contribution >= 4 is 12.2 Å². The molecule has 78 valence electrons. The van der Waals surface area contributed by atoms with Gasteiger partial charge in [0.05, 0.1) is 0 Å². The molecule has 0 aliphatic rings. The molecule has 2 rings (SSSR count). The van der Waals surface area contributed by atoms with E-state index in [0.717, 1.165) is 22.7 Å². The minimum Gasteiger partial charge on any atom is -0.300 e. The van der Waals surface area contributed by atoms with E-state index >= 15 is 0 Å². The fourth-order valence-corrected chi connectivity index (χ4v) is 1.85. The number of aromatic nitrogens is 3. The zero-order chi connectivity index (χ0) is 10.8. The van der Waals surface area contributed by atoms with Crippen LogP contribution in [0, 0.1) is 4.77 Å². The highest BCUT2D eigenvalue weighted by molar-refractivity contribution is 7.71. The van der Waals surface area contributed by atoms with Crippen LogP contribution in [0.1, 0.15) is 6.92 Å². The number of benzene rings is 1. The lowest BCUT2D eigenvalue weighted by molar-refractivity contribution is 0.708. The minimum absolute atomic E-state index is 0.761. The predicted molar refractivity (Wildman–Crippen MR) is 63.1 cm³/mol. The van der Waals surface area contributed by atoms with Gasteiger partial charge < -0.3 is 4.57 Å². The van der Waals surface area contributed by atoms with Crippen molar-refractivity contribution in [2.24, 2.45) is 7.05 Å². The summed E-state index contributed by atoms with van der Waals surface area (Å²) in [6, 6.07) is 10.1. The van der Waals surface area contributed by atoms with E-state index in [2.05, 4.69) is 12.0 Å². The van der Waals surface area contributed by atoms with Crippen LogP contribution in [0.15, 0.2) is 30.3 Å². The van der Waals surface area contributed by atoms with Gasteiger partial charge in [0.25, 0.3) is 0 Å². The van der Waals surface area contributed by atoms with Crippen molar-refractivity contribution in [1.82, 2.24) is 14.3 Å². The van der Waals surface area contributed by atoms with E-state index in [1.165, 1.54) is 0 Å². The van der Waals surface area contributed by atoms with Crippen molar-refractivity contribution in [3.8, 4) is 11.4 Å². The molecule has 0 aliphatic carbocycles. The Morgan fingerprint density at radius 1 is 1.27 bits per heavy atom. The molecule has 0 unspecified atom stereocenters. The Kier molecular flexibility index (Phi) is 2.68. The molecule has 0 aliphatic heterocycles. The topological polar surface area (TPSA) is 22.8 Å². The minimum atomic E-state index is 0.761. The fourth-order valence-electron chi connectivity index (χ4n) is 1.59. The Balaban J connectivity index is 2.64. The largest absolute Gasteiger partial charge is 0.300 e. The van der Waals surface area contributed by atoms with Crippen molar-refractivity contribution in [3.05, 3.63) is 35.1 Å². The SMILES string of the molecule is CCn1c(-c2ccccc2)nn(C)c1=S. The molecule has 1 aromatic carbocycles. The predicted octanol–water partition coefficient (Wildman–Crippen LogP) is 2.64. The average Bonchev–Trinajstić information content (AvgIpc) is 2.56. The first-order valence-corrected chi connectivity index (χ1v) is 5.34. The molecule has 3 nitrogen and oxygen atoms in total. The quantitative estimate of drug-likeness (QED) is 0.725. The van der Waals surface area contributed by atoms with E-state index in [-0.39, 0.29) is 0 Å². The Morgan fingerprint density at radius 3 is 2.53 bits per heavy atom. The van der Waals surface area contributed by atoms with Gasteiger partial charge >= 0.3 is 0 Å². The van der Waals surface area contributed by atoms with Gasteiger partial charge in [0.1, 0.15) is 0 Å². The zero-order valence-electron chi connectivity index (χ0n) is 8.84. The van der Waals surface area contributed by atoms with E-state index in [1.54, 1.807) is 4.68 Å². The van der Waals surface area contributed by atoms with Crippen LogP contribution < -0.4 is 0 Å². The van der Waals surface area contributed by atoms with Crippen molar-refractivity contribution < 1.29 is 0 Å². The van der Waals surface area contributed by atoms with Gasteiger partial charge in [-0.2, -0.15) is 5.10 Å². The molecule has 0 amide bonds. The van der Waals surface area contributed by atoms with Crippen molar-refractivity contribution in [3.63, 3.8) is 0 Å². The third kappa shape index (κ3) is 1.72.